The van der Waals surface area contributed by atoms with E-state index in [4.69, 9.17) is 14.2 Å². The Bertz CT molecular complexity index is 1300. The summed E-state index contributed by atoms with van der Waals surface area (Å²) in [6.45, 7) is 9.45. The molecule has 1 aromatic rings. The highest BCUT2D eigenvalue weighted by atomic mass is 16.5. The number of morpholine rings is 1. The van der Waals surface area contributed by atoms with E-state index in [0.717, 1.165) is 13.1 Å². The molecule has 0 bridgehead atoms. The summed E-state index contributed by atoms with van der Waals surface area (Å²) in [6.07, 6.45) is 8.49. The van der Waals surface area contributed by atoms with Crippen LogP contribution in [0.2, 0.25) is 0 Å². The van der Waals surface area contributed by atoms with Gasteiger partial charge in [0.05, 0.1) is 37.3 Å². The molecule has 5 aliphatic heterocycles. The molecule has 44 heavy (non-hydrogen) atoms. The number of nitrogens with zero attached hydrogens (tertiary/aromatic N) is 4. The van der Waals surface area contributed by atoms with Gasteiger partial charge in [0.25, 0.3) is 0 Å². The largest absolute Gasteiger partial charge is 0.494 e. The summed E-state index contributed by atoms with van der Waals surface area (Å²) in [5.41, 5.74) is -1.65. The van der Waals surface area contributed by atoms with Gasteiger partial charge < -0.3 is 34.0 Å². The third-order valence-electron chi connectivity index (χ3n) is 9.83. The van der Waals surface area contributed by atoms with Gasteiger partial charge in [-0.15, -0.1) is 0 Å². The predicted octanol–water partition coefficient (Wildman–Crippen LogP) is 1.46. The van der Waals surface area contributed by atoms with E-state index in [9.17, 15) is 19.5 Å². The van der Waals surface area contributed by atoms with Crippen LogP contribution in [-0.2, 0) is 23.9 Å². The fourth-order valence-electron chi connectivity index (χ4n) is 7.70. The van der Waals surface area contributed by atoms with Crippen LogP contribution in [0.1, 0.15) is 26.7 Å². The average Bonchev–Trinajstić information content (AvgIpc) is 3.33. The van der Waals surface area contributed by atoms with Gasteiger partial charge in [-0.05, 0) is 44.0 Å². The first kappa shape index (κ1) is 30.8. The van der Waals surface area contributed by atoms with Gasteiger partial charge in [-0.2, -0.15) is 0 Å². The number of rotatable bonds is 10. The monoisotopic (exact) mass is 608 g/mol. The second-order valence-electron chi connectivity index (χ2n) is 12.1. The molecule has 5 atom stereocenters. The van der Waals surface area contributed by atoms with Crippen molar-refractivity contribution in [1.82, 2.24) is 14.7 Å². The molecule has 3 amide bonds. The first-order valence-electron chi connectivity index (χ1n) is 16.0. The van der Waals surface area contributed by atoms with E-state index in [1.807, 2.05) is 62.4 Å². The fraction of sp³-hybridized carbons (Fsp3) is 0.606. The molecule has 1 spiro atoms. The Hall–Kier alpha value is -3.25. The molecule has 0 radical (unpaired) electrons. The Balaban J connectivity index is 1.36. The van der Waals surface area contributed by atoms with Crippen LogP contribution in [0.3, 0.4) is 0 Å². The molecule has 3 saturated heterocycles. The van der Waals surface area contributed by atoms with Crippen molar-refractivity contribution in [3.63, 3.8) is 0 Å². The summed E-state index contributed by atoms with van der Waals surface area (Å²) in [7, 11) is 0. The van der Waals surface area contributed by atoms with Crippen LogP contribution in [0.5, 0.6) is 5.75 Å². The standard InChI is InChI=1S/C33H44N4O7/c1-3-32-12-5-15-36(24-8-10-25(11-9-24)43-4-2)29(39)26(32)27-30(40)37(16-7-21-38)28-31(41)35(14-6-13-33(27,28)44-32)18-17-34-19-22-42-23-20-34/h5-6,8-13,26-28,38H,3-4,7,14-23H2,1-2H3/t26-,27+,28?,32+,33+/m1/s1. The smallest absolute Gasteiger partial charge is 0.249 e. The molecule has 6 rings (SSSR count). The number of carbonyl (C=O) groups excluding carboxylic acids is 3. The van der Waals surface area contributed by atoms with Crippen molar-refractivity contribution in [1.29, 1.82) is 0 Å². The van der Waals surface area contributed by atoms with Crippen molar-refractivity contribution in [2.24, 2.45) is 11.8 Å². The number of fused-ring (bicyclic) bond motifs is 2. The minimum Gasteiger partial charge on any atom is -0.494 e. The lowest BCUT2D eigenvalue weighted by atomic mass is 9.73. The van der Waals surface area contributed by atoms with Crippen LogP contribution in [0.25, 0.3) is 0 Å². The molecule has 1 N–H and O–H groups in total. The van der Waals surface area contributed by atoms with Gasteiger partial charge in [0, 0.05) is 58.1 Å². The summed E-state index contributed by atoms with van der Waals surface area (Å²) in [5, 5.41) is 9.70. The summed E-state index contributed by atoms with van der Waals surface area (Å²) in [5.74, 6) is -1.65. The summed E-state index contributed by atoms with van der Waals surface area (Å²) in [4.78, 5) is 50.9. The fourth-order valence-corrected chi connectivity index (χ4v) is 7.70. The van der Waals surface area contributed by atoms with Gasteiger partial charge in [0.1, 0.15) is 17.4 Å². The first-order chi connectivity index (χ1) is 21.4. The maximum atomic E-state index is 14.6. The SMILES string of the molecule is CCOc1ccc(N2CC=C[C@]3(CC)O[C@]45C=CCN(CCN6CCOCC6)C(=O)C4N(CCCO)C(=O)[C@@H]5[C@@H]3C2=O)cc1. The molecule has 5 heterocycles. The Morgan fingerprint density at radius 3 is 2.36 bits per heavy atom. The van der Waals surface area contributed by atoms with Crippen LogP contribution in [0.4, 0.5) is 5.69 Å². The molecule has 1 aromatic carbocycles. The van der Waals surface area contributed by atoms with Crippen molar-refractivity contribution in [3.05, 3.63) is 48.6 Å². The lowest BCUT2D eigenvalue weighted by Crippen LogP contribution is -2.57. The van der Waals surface area contributed by atoms with Crippen molar-refractivity contribution >= 4 is 23.4 Å². The number of anilines is 1. The number of aliphatic hydroxyl groups is 1. The molecular weight excluding hydrogens is 564 g/mol. The van der Waals surface area contributed by atoms with E-state index in [-0.39, 0.29) is 30.9 Å². The summed E-state index contributed by atoms with van der Waals surface area (Å²) >= 11 is 0. The number of amides is 3. The van der Waals surface area contributed by atoms with Gasteiger partial charge in [-0.1, -0.05) is 31.2 Å². The number of hydrogen-bond donors (Lipinski definition) is 1. The highest BCUT2D eigenvalue weighted by Crippen LogP contribution is 2.58. The molecule has 238 valence electrons. The van der Waals surface area contributed by atoms with Crippen molar-refractivity contribution < 1.29 is 33.7 Å². The zero-order chi connectivity index (χ0) is 30.9. The predicted molar refractivity (Wildman–Crippen MR) is 163 cm³/mol. The normalized spacial score (nSPS) is 32.0. The number of benzene rings is 1. The Labute approximate surface area is 259 Å². The number of likely N-dealkylation sites (tertiary alicyclic amines) is 1. The third kappa shape index (κ3) is 5.13. The van der Waals surface area contributed by atoms with E-state index in [1.165, 1.54) is 0 Å². The summed E-state index contributed by atoms with van der Waals surface area (Å²) < 4.78 is 18.1. The molecular formula is C33H44N4O7. The lowest BCUT2D eigenvalue weighted by molar-refractivity contribution is -0.152. The zero-order valence-corrected chi connectivity index (χ0v) is 25.7. The highest BCUT2D eigenvalue weighted by molar-refractivity contribution is 6.04. The van der Waals surface area contributed by atoms with E-state index in [1.54, 1.807) is 14.7 Å². The molecule has 11 heteroatoms. The molecule has 3 fully saturated rings. The topological polar surface area (TPSA) is 112 Å². The van der Waals surface area contributed by atoms with E-state index >= 15 is 0 Å². The molecule has 0 aliphatic carbocycles. The van der Waals surface area contributed by atoms with Crippen LogP contribution < -0.4 is 9.64 Å². The zero-order valence-electron chi connectivity index (χ0n) is 25.7. The van der Waals surface area contributed by atoms with Crippen molar-refractivity contribution in [2.75, 3.05) is 77.1 Å². The number of hydrogen-bond acceptors (Lipinski definition) is 8. The molecule has 0 saturated carbocycles. The number of carbonyl (C=O) groups is 3. The first-order valence-corrected chi connectivity index (χ1v) is 16.0. The lowest BCUT2D eigenvalue weighted by Gasteiger charge is -2.38. The number of aliphatic hydroxyl groups excluding tert-OH is 1. The van der Waals surface area contributed by atoms with Gasteiger partial charge >= 0.3 is 0 Å². The average molecular weight is 609 g/mol. The second kappa shape index (κ2) is 12.6. The van der Waals surface area contributed by atoms with Crippen LogP contribution >= 0.6 is 0 Å². The van der Waals surface area contributed by atoms with Crippen LogP contribution in [0.15, 0.2) is 48.6 Å². The molecule has 1 unspecified atom stereocenters. The minimum absolute atomic E-state index is 0.116. The van der Waals surface area contributed by atoms with E-state index in [0.29, 0.717) is 70.3 Å². The Morgan fingerprint density at radius 1 is 0.909 bits per heavy atom. The summed E-state index contributed by atoms with van der Waals surface area (Å²) in [6, 6.07) is 6.47. The van der Waals surface area contributed by atoms with Crippen molar-refractivity contribution in [2.45, 2.75) is 43.9 Å². The van der Waals surface area contributed by atoms with Gasteiger partial charge in [-0.25, -0.2) is 0 Å². The second-order valence-corrected chi connectivity index (χ2v) is 12.1. The quantitative estimate of drug-likeness (QED) is 0.398. The van der Waals surface area contributed by atoms with Gasteiger partial charge in [0.2, 0.25) is 17.7 Å². The number of ether oxygens (including phenoxy) is 3. The Kier molecular flexibility index (Phi) is 8.83. The van der Waals surface area contributed by atoms with Gasteiger partial charge in [-0.3, -0.25) is 19.3 Å². The maximum Gasteiger partial charge on any atom is 0.249 e. The minimum atomic E-state index is -1.31. The van der Waals surface area contributed by atoms with Gasteiger partial charge in [0.15, 0.2) is 0 Å². The third-order valence-corrected chi connectivity index (χ3v) is 9.83. The highest BCUT2D eigenvalue weighted by Gasteiger charge is 2.75. The Morgan fingerprint density at radius 2 is 1.66 bits per heavy atom. The molecule has 0 aromatic heterocycles. The van der Waals surface area contributed by atoms with Crippen LogP contribution in [0, 0.1) is 11.8 Å². The molecule has 5 aliphatic rings. The van der Waals surface area contributed by atoms with E-state index < -0.39 is 29.1 Å². The van der Waals surface area contributed by atoms with E-state index in [2.05, 4.69) is 4.90 Å². The molecule has 11 nitrogen and oxygen atoms in total. The van der Waals surface area contributed by atoms with Crippen molar-refractivity contribution in [3.8, 4) is 5.75 Å². The van der Waals surface area contributed by atoms with Crippen LogP contribution in [-0.4, -0.2) is 127 Å². The maximum absolute atomic E-state index is 14.6.